The van der Waals surface area contributed by atoms with Crippen molar-refractivity contribution in [1.82, 2.24) is 19.9 Å². The molecule has 112 valence electrons. The average molecular weight is 309 g/mol. The number of imidazole rings is 1. The van der Waals surface area contributed by atoms with Gasteiger partial charge in [-0.1, -0.05) is 12.1 Å². The Kier molecular flexibility index (Phi) is 3.01. The van der Waals surface area contributed by atoms with Crippen LogP contribution in [0.4, 0.5) is 18.9 Å². The number of nitrogens with one attached hydrogen (secondary N) is 1. The van der Waals surface area contributed by atoms with Crippen LogP contribution in [0.25, 0.3) is 22.6 Å². The molecule has 0 bridgehead atoms. The summed E-state index contributed by atoms with van der Waals surface area (Å²) in [4.78, 5) is 23.4. The highest BCUT2D eigenvalue weighted by Crippen LogP contribution is 2.28. The number of H-pyrrole nitrogens is 1. The van der Waals surface area contributed by atoms with E-state index in [9.17, 15) is 23.3 Å². The molecule has 7 nitrogen and oxygen atoms in total. The molecule has 0 radical (unpaired) electrons. The molecule has 0 aliphatic heterocycles. The van der Waals surface area contributed by atoms with Crippen LogP contribution in [0.1, 0.15) is 5.82 Å². The van der Waals surface area contributed by atoms with Gasteiger partial charge in [0.05, 0.1) is 11.1 Å². The molecule has 0 amide bonds. The number of halogens is 3. The second-order valence-corrected chi connectivity index (χ2v) is 4.32. The van der Waals surface area contributed by atoms with E-state index in [0.717, 1.165) is 6.20 Å². The van der Waals surface area contributed by atoms with E-state index in [-0.39, 0.29) is 22.7 Å². The molecule has 0 fully saturated rings. The third-order valence-electron chi connectivity index (χ3n) is 2.82. The molecule has 0 spiro atoms. The number of nitro benzene ring substituents is 1. The van der Waals surface area contributed by atoms with E-state index >= 15 is 0 Å². The number of aromatic nitrogens is 4. The van der Waals surface area contributed by atoms with E-state index in [2.05, 4.69) is 19.9 Å². The molecule has 2 aromatic heterocycles. The topological polar surface area (TPSA) is 97.6 Å². The monoisotopic (exact) mass is 309 g/mol. The second-order valence-electron chi connectivity index (χ2n) is 4.32. The van der Waals surface area contributed by atoms with Crippen LogP contribution in [0.2, 0.25) is 0 Å². The van der Waals surface area contributed by atoms with Crippen molar-refractivity contribution in [1.29, 1.82) is 0 Å². The summed E-state index contributed by atoms with van der Waals surface area (Å²) in [5, 5.41) is 10.7. The lowest BCUT2D eigenvalue weighted by Crippen LogP contribution is -2.10. The van der Waals surface area contributed by atoms with Gasteiger partial charge in [0.15, 0.2) is 5.65 Å². The van der Waals surface area contributed by atoms with Gasteiger partial charge in [-0.2, -0.15) is 13.2 Å². The first kappa shape index (κ1) is 13.9. The van der Waals surface area contributed by atoms with Crippen molar-refractivity contribution in [3.05, 3.63) is 46.4 Å². The van der Waals surface area contributed by atoms with E-state index in [1.54, 1.807) is 6.07 Å². The smallest absolute Gasteiger partial charge is 0.335 e. The first-order valence-electron chi connectivity index (χ1n) is 5.89. The molecule has 2 heterocycles. The van der Waals surface area contributed by atoms with Crippen LogP contribution >= 0.6 is 0 Å². The molecule has 3 rings (SSSR count). The highest BCUT2D eigenvalue weighted by molar-refractivity contribution is 5.75. The minimum absolute atomic E-state index is 0.153. The number of fused-ring (bicyclic) bond motifs is 1. The molecule has 0 unspecified atom stereocenters. The predicted molar refractivity (Wildman–Crippen MR) is 68.8 cm³/mol. The molecule has 0 saturated carbocycles. The summed E-state index contributed by atoms with van der Waals surface area (Å²) in [6, 6.07) is 5.56. The summed E-state index contributed by atoms with van der Waals surface area (Å²) in [6.45, 7) is 0. The van der Waals surface area contributed by atoms with Crippen molar-refractivity contribution in [2.45, 2.75) is 6.18 Å². The maximum absolute atomic E-state index is 12.5. The number of hydrogen-bond donors (Lipinski definition) is 1. The largest absolute Gasteiger partial charge is 0.451 e. The van der Waals surface area contributed by atoms with Gasteiger partial charge in [-0.25, -0.2) is 15.0 Å². The minimum atomic E-state index is -4.67. The van der Waals surface area contributed by atoms with Crippen molar-refractivity contribution in [3.63, 3.8) is 0 Å². The lowest BCUT2D eigenvalue weighted by Gasteiger charge is -2.02. The van der Waals surface area contributed by atoms with Crippen LogP contribution in [0.5, 0.6) is 0 Å². The fraction of sp³-hybridized carbons (Fsp3) is 0.0833. The summed E-state index contributed by atoms with van der Waals surface area (Å²) in [6.07, 6.45) is -3.70. The molecule has 0 aliphatic rings. The Labute approximate surface area is 120 Å². The number of nitrogens with zero attached hydrogens (tertiary/aromatic N) is 4. The summed E-state index contributed by atoms with van der Waals surface area (Å²) < 4.78 is 37.6. The maximum Gasteiger partial charge on any atom is 0.451 e. The van der Waals surface area contributed by atoms with Crippen molar-refractivity contribution < 1.29 is 18.1 Å². The van der Waals surface area contributed by atoms with Gasteiger partial charge < -0.3 is 4.98 Å². The van der Waals surface area contributed by atoms with Crippen LogP contribution in [0.15, 0.2) is 30.5 Å². The van der Waals surface area contributed by atoms with Gasteiger partial charge in [-0.05, 0) is 0 Å². The number of hydrogen-bond acceptors (Lipinski definition) is 5. The predicted octanol–water partition coefficient (Wildman–Crippen LogP) is 2.95. The zero-order valence-corrected chi connectivity index (χ0v) is 10.6. The summed E-state index contributed by atoms with van der Waals surface area (Å²) in [5.41, 5.74) is 0.249. The lowest BCUT2D eigenvalue weighted by atomic mass is 10.2. The summed E-state index contributed by atoms with van der Waals surface area (Å²) in [7, 11) is 0. The van der Waals surface area contributed by atoms with Crippen molar-refractivity contribution >= 4 is 16.9 Å². The molecule has 0 aliphatic carbocycles. The Bertz CT molecular complexity index is 875. The molecule has 0 atom stereocenters. The highest BCUT2D eigenvalue weighted by atomic mass is 19.4. The number of nitro groups is 1. The molecular formula is C12H6F3N5O2. The fourth-order valence-corrected chi connectivity index (χ4v) is 1.85. The Morgan fingerprint density at radius 3 is 2.68 bits per heavy atom. The number of benzene rings is 1. The van der Waals surface area contributed by atoms with Gasteiger partial charge in [0.25, 0.3) is 5.69 Å². The van der Waals surface area contributed by atoms with E-state index < -0.39 is 16.9 Å². The molecule has 3 aromatic rings. The third kappa shape index (κ3) is 2.45. The van der Waals surface area contributed by atoms with E-state index in [1.807, 2.05) is 0 Å². The van der Waals surface area contributed by atoms with Crippen LogP contribution in [-0.4, -0.2) is 24.9 Å². The van der Waals surface area contributed by atoms with Crippen LogP contribution < -0.4 is 0 Å². The van der Waals surface area contributed by atoms with E-state index in [0.29, 0.717) is 5.56 Å². The minimum Gasteiger partial charge on any atom is -0.335 e. The Morgan fingerprint density at radius 1 is 1.23 bits per heavy atom. The van der Waals surface area contributed by atoms with Crippen molar-refractivity contribution in [3.8, 4) is 11.4 Å². The first-order valence-corrected chi connectivity index (χ1v) is 5.89. The molecule has 10 heteroatoms. The van der Waals surface area contributed by atoms with Gasteiger partial charge in [0, 0.05) is 17.7 Å². The first-order chi connectivity index (χ1) is 10.3. The number of aromatic amines is 1. The van der Waals surface area contributed by atoms with Crippen LogP contribution in [-0.2, 0) is 6.18 Å². The van der Waals surface area contributed by atoms with Gasteiger partial charge in [0.2, 0.25) is 5.82 Å². The molecule has 1 N–H and O–H groups in total. The standard InChI is InChI=1S/C12H6F3N5O2/c13-12(14,15)11-16-5-8-10(19-11)18-9(17-8)6-2-1-3-7(4-6)20(21)22/h1-5H,(H,16,17,18,19). The quantitative estimate of drug-likeness (QED) is 0.579. The van der Waals surface area contributed by atoms with E-state index in [4.69, 9.17) is 0 Å². The average Bonchev–Trinajstić information content (AvgIpc) is 2.89. The zero-order valence-electron chi connectivity index (χ0n) is 10.6. The van der Waals surface area contributed by atoms with Gasteiger partial charge in [-0.15, -0.1) is 0 Å². The summed E-state index contributed by atoms with van der Waals surface area (Å²) >= 11 is 0. The molecule has 0 saturated heterocycles. The number of alkyl halides is 3. The second kappa shape index (κ2) is 4.76. The number of rotatable bonds is 2. The molecule has 1 aromatic carbocycles. The third-order valence-corrected chi connectivity index (χ3v) is 2.82. The lowest BCUT2D eigenvalue weighted by molar-refractivity contribution is -0.384. The van der Waals surface area contributed by atoms with Gasteiger partial charge in [0.1, 0.15) is 11.3 Å². The maximum atomic E-state index is 12.5. The molecular weight excluding hydrogens is 303 g/mol. The fourth-order valence-electron chi connectivity index (χ4n) is 1.85. The van der Waals surface area contributed by atoms with Crippen molar-refractivity contribution in [2.75, 3.05) is 0 Å². The Hall–Kier alpha value is -3.04. The Balaban J connectivity index is 2.09. The normalized spacial score (nSPS) is 11.8. The number of non-ortho nitro benzene ring substituents is 1. The van der Waals surface area contributed by atoms with Crippen molar-refractivity contribution in [2.24, 2.45) is 0 Å². The highest BCUT2D eigenvalue weighted by Gasteiger charge is 2.35. The van der Waals surface area contributed by atoms with E-state index in [1.165, 1.54) is 18.2 Å². The van der Waals surface area contributed by atoms with Crippen LogP contribution in [0, 0.1) is 10.1 Å². The van der Waals surface area contributed by atoms with Crippen LogP contribution in [0.3, 0.4) is 0 Å². The van der Waals surface area contributed by atoms with Gasteiger partial charge in [-0.3, -0.25) is 10.1 Å². The SMILES string of the molecule is O=[N+]([O-])c1cccc(-c2nc3nc(C(F)(F)F)ncc3[nH]2)c1. The summed E-state index contributed by atoms with van der Waals surface area (Å²) in [5.74, 6) is -1.12. The molecule has 22 heavy (non-hydrogen) atoms. The van der Waals surface area contributed by atoms with Gasteiger partial charge >= 0.3 is 6.18 Å². The zero-order chi connectivity index (χ0) is 15.9. The Morgan fingerprint density at radius 2 is 2.00 bits per heavy atom.